The number of rotatable bonds is 6. The molecule has 1 saturated heterocycles. The van der Waals surface area contributed by atoms with Crippen molar-refractivity contribution >= 4 is 17.0 Å². The number of carbonyl (C=O) groups excluding carboxylic acids is 1. The first-order chi connectivity index (χ1) is 16.9. The van der Waals surface area contributed by atoms with Crippen molar-refractivity contribution in [2.45, 2.75) is 56.8 Å². The summed E-state index contributed by atoms with van der Waals surface area (Å²) in [6.07, 6.45) is -3.21. The number of halogens is 3. The molecule has 1 aliphatic heterocycles. The molecule has 9 heteroatoms. The van der Waals surface area contributed by atoms with Crippen molar-refractivity contribution < 1.29 is 27.8 Å². The van der Waals surface area contributed by atoms with Gasteiger partial charge in [0.15, 0.2) is 11.0 Å². The normalized spacial score (nSPS) is 16.2. The number of aliphatic hydroxyl groups is 1. The van der Waals surface area contributed by atoms with Crippen LogP contribution in [0.25, 0.3) is 10.9 Å². The van der Waals surface area contributed by atoms with E-state index in [0.29, 0.717) is 24.2 Å². The Labute approximate surface area is 206 Å². The van der Waals surface area contributed by atoms with Crippen molar-refractivity contribution in [3.05, 3.63) is 76.6 Å². The van der Waals surface area contributed by atoms with E-state index in [2.05, 4.69) is 0 Å². The van der Waals surface area contributed by atoms with Gasteiger partial charge in [-0.3, -0.25) is 4.79 Å². The Morgan fingerprint density at radius 3 is 2.33 bits per heavy atom. The van der Waals surface area contributed by atoms with Gasteiger partial charge in [0.05, 0.1) is 12.1 Å². The molecule has 1 atom stereocenters. The van der Waals surface area contributed by atoms with Gasteiger partial charge < -0.3 is 19.3 Å². The smallest absolute Gasteiger partial charge is 0.410 e. The van der Waals surface area contributed by atoms with Crippen molar-refractivity contribution in [3.63, 3.8) is 0 Å². The third kappa shape index (κ3) is 5.11. The highest BCUT2D eigenvalue weighted by atomic mass is 19.4. The second kappa shape index (κ2) is 9.61. The van der Waals surface area contributed by atoms with Gasteiger partial charge in [0.2, 0.25) is 0 Å². The molecule has 3 aromatic rings. The molecule has 1 unspecified atom stereocenters. The van der Waals surface area contributed by atoms with E-state index < -0.39 is 36.3 Å². The summed E-state index contributed by atoms with van der Waals surface area (Å²) in [4.78, 5) is 26.3. The van der Waals surface area contributed by atoms with E-state index in [4.69, 9.17) is 4.74 Å². The molecule has 2 aromatic carbocycles. The van der Waals surface area contributed by atoms with Gasteiger partial charge in [-0.2, -0.15) is 13.2 Å². The van der Waals surface area contributed by atoms with Crippen LogP contribution in [0.4, 0.5) is 18.0 Å². The average molecular weight is 503 g/mol. The maximum absolute atomic E-state index is 14.4. The standard InChI is InChI=1S/C27H29F3N2O4/c1-25(2,20-10-4-6-12-23(20)36-24(34)31-14-7-8-15-31)17-26(35,27(28,29)30)18-32-16-13-22(33)19-9-3-5-11-21(19)32/h3-6,9-13,16,35H,7-8,14-15,17-18H2,1-2H3. The number of alkyl halides is 3. The Hall–Kier alpha value is -3.33. The summed E-state index contributed by atoms with van der Waals surface area (Å²) in [6.45, 7) is 3.50. The number of fused-ring (bicyclic) bond motifs is 1. The van der Waals surface area contributed by atoms with Crippen molar-refractivity contribution in [3.8, 4) is 5.75 Å². The van der Waals surface area contributed by atoms with Crippen LogP contribution in [0.5, 0.6) is 5.75 Å². The summed E-state index contributed by atoms with van der Waals surface area (Å²) < 4.78 is 50.1. The number of hydrogen-bond donors (Lipinski definition) is 1. The highest BCUT2D eigenvalue weighted by Gasteiger charge is 2.56. The number of likely N-dealkylation sites (tertiary alicyclic amines) is 1. The number of amides is 1. The van der Waals surface area contributed by atoms with E-state index in [1.807, 2.05) is 0 Å². The van der Waals surface area contributed by atoms with Crippen LogP contribution in [0.1, 0.15) is 38.7 Å². The molecule has 1 aromatic heterocycles. The van der Waals surface area contributed by atoms with E-state index in [0.717, 1.165) is 12.8 Å². The fourth-order valence-corrected chi connectivity index (χ4v) is 4.93. The van der Waals surface area contributed by atoms with E-state index in [9.17, 15) is 27.9 Å². The molecular formula is C27H29F3N2O4. The summed E-state index contributed by atoms with van der Waals surface area (Å²) in [7, 11) is 0. The van der Waals surface area contributed by atoms with Crippen LogP contribution in [-0.4, -0.2) is 45.5 Å². The zero-order valence-corrected chi connectivity index (χ0v) is 20.2. The molecule has 0 bridgehead atoms. The number of pyridine rings is 1. The first-order valence-corrected chi connectivity index (χ1v) is 11.8. The van der Waals surface area contributed by atoms with Crippen LogP contribution in [0.15, 0.2) is 65.6 Å². The molecule has 1 fully saturated rings. The second-order valence-corrected chi connectivity index (χ2v) is 9.97. The lowest BCUT2D eigenvalue weighted by atomic mass is 9.74. The highest BCUT2D eigenvalue weighted by molar-refractivity contribution is 5.78. The van der Waals surface area contributed by atoms with Crippen molar-refractivity contribution in [2.24, 2.45) is 0 Å². The first kappa shape index (κ1) is 25.8. The van der Waals surface area contributed by atoms with Crippen LogP contribution in [0, 0.1) is 0 Å². The molecule has 2 heterocycles. The van der Waals surface area contributed by atoms with Gasteiger partial charge in [0.1, 0.15) is 5.75 Å². The summed E-state index contributed by atoms with van der Waals surface area (Å²) in [5.41, 5.74) is -4.01. The maximum atomic E-state index is 14.4. The summed E-state index contributed by atoms with van der Waals surface area (Å²) >= 11 is 0. The lowest BCUT2D eigenvalue weighted by molar-refractivity contribution is -0.271. The van der Waals surface area contributed by atoms with E-state index in [1.165, 1.54) is 22.9 Å². The largest absolute Gasteiger partial charge is 0.418 e. The number of para-hydroxylation sites is 2. The molecular weight excluding hydrogens is 473 g/mol. The van der Waals surface area contributed by atoms with Gasteiger partial charge in [-0.25, -0.2) is 4.79 Å². The minimum Gasteiger partial charge on any atom is -0.410 e. The van der Waals surface area contributed by atoms with Gasteiger partial charge in [-0.15, -0.1) is 0 Å². The molecule has 4 rings (SSSR count). The molecule has 36 heavy (non-hydrogen) atoms. The van der Waals surface area contributed by atoms with Crippen molar-refractivity contribution in [1.82, 2.24) is 9.47 Å². The average Bonchev–Trinajstić information content (AvgIpc) is 3.36. The number of benzene rings is 2. The highest BCUT2D eigenvalue weighted by Crippen LogP contribution is 2.44. The Bertz CT molecular complexity index is 1310. The Kier molecular flexibility index (Phi) is 6.88. The number of ether oxygens (including phenoxy) is 1. The van der Waals surface area contributed by atoms with Crippen molar-refractivity contribution in [2.75, 3.05) is 13.1 Å². The third-order valence-corrected chi connectivity index (χ3v) is 6.76. The fraction of sp³-hybridized carbons (Fsp3) is 0.407. The molecule has 0 aliphatic carbocycles. The van der Waals surface area contributed by atoms with Crippen LogP contribution in [0.3, 0.4) is 0 Å². The van der Waals surface area contributed by atoms with Gasteiger partial charge in [0, 0.05) is 36.3 Å². The number of aromatic nitrogens is 1. The molecule has 0 spiro atoms. The zero-order valence-electron chi connectivity index (χ0n) is 20.2. The van der Waals surface area contributed by atoms with Crippen LogP contribution in [0.2, 0.25) is 0 Å². The molecule has 6 nitrogen and oxygen atoms in total. The van der Waals surface area contributed by atoms with Gasteiger partial charge in [-0.1, -0.05) is 44.2 Å². The maximum Gasteiger partial charge on any atom is 0.418 e. The van der Waals surface area contributed by atoms with Gasteiger partial charge in [0.25, 0.3) is 0 Å². The molecule has 1 aliphatic rings. The summed E-state index contributed by atoms with van der Waals surface area (Å²) in [5, 5.41) is 11.4. The molecule has 0 saturated carbocycles. The molecule has 192 valence electrons. The quantitative estimate of drug-likeness (QED) is 0.499. The summed E-state index contributed by atoms with van der Waals surface area (Å²) in [6, 6.07) is 14.0. The molecule has 1 N–H and O–H groups in total. The predicted octanol–water partition coefficient (Wildman–Crippen LogP) is 5.26. The monoisotopic (exact) mass is 502 g/mol. The fourth-order valence-electron chi connectivity index (χ4n) is 4.93. The van der Waals surface area contributed by atoms with Crippen LogP contribution < -0.4 is 10.2 Å². The summed E-state index contributed by atoms with van der Waals surface area (Å²) in [5.74, 6) is 0.165. The van der Waals surface area contributed by atoms with E-state index >= 15 is 0 Å². The Morgan fingerprint density at radius 2 is 1.64 bits per heavy atom. The van der Waals surface area contributed by atoms with E-state index in [-0.39, 0.29) is 16.6 Å². The lowest BCUT2D eigenvalue weighted by Gasteiger charge is -2.39. The topological polar surface area (TPSA) is 71.8 Å². The number of nitrogens with zero attached hydrogens (tertiary/aromatic N) is 2. The number of hydrogen-bond acceptors (Lipinski definition) is 4. The zero-order chi connectivity index (χ0) is 26.1. The first-order valence-electron chi connectivity index (χ1n) is 11.8. The number of carbonyl (C=O) groups is 1. The third-order valence-electron chi connectivity index (χ3n) is 6.76. The minimum absolute atomic E-state index is 0.165. The lowest BCUT2D eigenvalue weighted by Crippen LogP contribution is -2.52. The Balaban J connectivity index is 1.68. The van der Waals surface area contributed by atoms with Gasteiger partial charge >= 0.3 is 12.3 Å². The molecule has 1 amide bonds. The van der Waals surface area contributed by atoms with Crippen LogP contribution >= 0.6 is 0 Å². The van der Waals surface area contributed by atoms with Gasteiger partial charge in [-0.05, 0) is 42.9 Å². The molecule has 0 radical (unpaired) electrons. The van der Waals surface area contributed by atoms with E-state index in [1.54, 1.807) is 61.2 Å². The SMILES string of the molecule is CC(C)(CC(O)(Cn1ccc(=O)c2ccccc21)C(F)(F)F)c1ccccc1OC(=O)N1CCCC1. The minimum atomic E-state index is -4.98. The van der Waals surface area contributed by atoms with Crippen molar-refractivity contribution in [1.29, 1.82) is 0 Å². The predicted molar refractivity (Wildman–Crippen MR) is 130 cm³/mol. The van der Waals surface area contributed by atoms with Crippen LogP contribution in [-0.2, 0) is 12.0 Å². The Morgan fingerprint density at radius 1 is 1.00 bits per heavy atom. The second-order valence-electron chi connectivity index (χ2n) is 9.97.